The molecular formula is C16H23NO5. The van der Waals surface area contributed by atoms with Crippen LogP contribution in [0, 0.1) is 5.92 Å². The average molecular weight is 309 g/mol. The molecule has 1 atom stereocenters. The van der Waals surface area contributed by atoms with Gasteiger partial charge in [0.15, 0.2) is 0 Å². The van der Waals surface area contributed by atoms with Crippen molar-refractivity contribution in [2.24, 2.45) is 5.92 Å². The number of ether oxygens (including phenoxy) is 2. The van der Waals surface area contributed by atoms with E-state index >= 15 is 0 Å². The van der Waals surface area contributed by atoms with Gasteiger partial charge >= 0.3 is 12.2 Å². The maximum absolute atomic E-state index is 12.4. The van der Waals surface area contributed by atoms with E-state index in [4.69, 9.17) is 9.47 Å². The highest BCUT2D eigenvalue weighted by Gasteiger charge is 2.34. The zero-order chi connectivity index (χ0) is 16.7. The van der Waals surface area contributed by atoms with Crippen LogP contribution >= 0.6 is 0 Å². The molecule has 22 heavy (non-hydrogen) atoms. The average Bonchev–Trinajstić information content (AvgIpc) is 2.48. The minimum absolute atomic E-state index is 0.0683. The molecule has 0 saturated carbocycles. The molecule has 0 radical (unpaired) electrons. The van der Waals surface area contributed by atoms with Crippen LogP contribution in [0.3, 0.4) is 0 Å². The number of allylic oxidation sites excluding steroid dienone is 2. The van der Waals surface area contributed by atoms with Crippen molar-refractivity contribution < 1.29 is 23.9 Å². The second-order valence-electron chi connectivity index (χ2n) is 5.09. The first kappa shape index (κ1) is 17.9. The number of hydrogen-bond donors (Lipinski definition) is 0. The van der Waals surface area contributed by atoms with Crippen LogP contribution in [0.2, 0.25) is 0 Å². The van der Waals surface area contributed by atoms with Crippen molar-refractivity contribution in [3.63, 3.8) is 0 Å². The van der Waals surface area contributed by atoms with Gasteiger partial charge in [0.1, 0.15) is 0 Å². The van der Waals surface area contributed by atoms with Crippen LogP contribution in [-0.2, 0) is 14.3 Å². The summed E-state index contributed by atoms with van der Waals surface area (Å²) in [6.45, 7) is 9.21. The van der Waals surface area contributed by atoms with Crippen molar-refractivity contribution in [2.75, 3.05) is 13.2 Å². The normalized spacial score (nSPS) is 17.2. The Balaban J connectivity index is 2.90. The zero-order valence-corrected chi connectivity index (χ0v) is 13.4. The zero-order valence-electron chi connectivity index (χ0n) is 13.4. The van der Waals surface area contributed by atoms with Gasteiger partial charge < -0.3 is 9.47 Å². The van der Waals surface area contributed by atoms with Crippen molar-refractivity contribution in [3.8, 4) is 0 Å². The third kappa shape index (κ3) is 4.44. The topological polar surface area (TPSA) is 72.9 Å². The highest BCUT2D eigenvalue weighted by molar-refractivity contribution is 6.12. The third-order valence-corrected chi connectivity index (χ3v) is 3.49. The Labute approximate surface area is 130 Å². The molecule has 122 valence electrons. The molecule has 0 unspecified atom stereocenters. The third-order valence-electron chi connectivity index (χ3n) is 3.49. The van der Waals surface area contributed by atoms with E-state index in [9.17, 15) is 14.4 Å². The number of carbonyl (C=O) groups excluding carboxylic acids is 3. The lowest BCUT2D eigenvalue weighted by molar-refractivity contribution is -0.124. The van der Waals surface area contributed by atoms with Crippen LogP contribution < -0.4 is 0 Å². The first-order valence-electron chi connectivity index (χ1n) is 7.44. The fourth-order valence-corrected chi connectivity index (χ4v) is 2.24. The molecule has 0 aromatic rings. The van der Waals surface area contributed by atoms with Crippen LogP contribution in [0.4, 0.5) is 9.59 Å². The van der Waals surface area contributed by atoms with E-state index in [1.165, 1.54) is 0 Å². The standard InChI is InChI=1S/C16H23NO5/c1-5-21-15(19)17(16(20)22-6-2)14(18)13-9-7-12(8-10-13)11(3)4/h9,12H,3,5-8,10H2,1-2,4H3/t12-/m0/s1. The minimum atomic E-state index is -1.01. The summed E-state index contributed by atoms with van der Waals surface area (Å²) >= 11 is 0. The molecule has 1 rings (SSSR count). The Morgan fingerprint density at radius 3 is 2.14 bits per heavy atom. The smallest absolute Gasteiger partial charge is 0.426 e. The molecule has 1 aliphatic rings. The van der Waals surface area contributed by atoms with Gasteiger partial charge in [-0.25, -0.2) is 9.59 Å². The minimum Gasteiger partial charge on any atom is -0.449 e. The first-order valence-corrected chi connectivity index (χ1v) is 7.44. The molecule has 0 aromatic heterocycles. The Kier molecular flexibility index (Phi) is 6.82. The van der Waals surface area contributed by atoms with E-state index in [2.05, 4.69) is 6.58 Å². The van der Waals surface area contributed by atoms with E-state index in [0.29, 0.717) is 29.2 Å². The first-order chi connectivity index (χ1) is 10.4. The number of amides is 3. The van der Waals surface area contributed by atoms with Gasteiger partial charge in [0, 0.05) is 5.57 Å². The summed E-state index contributed by atoms with van der Waals surface area (Å²) in [5.74, 6) is -0.341. The SMILES string of the molecule is C=C(C)[C@H]1CC=C(C(=O)N(C(=O)OCC)C(=O)OCC)CC1. The van der Waals surface area contributed by atoms with Crippen LogP contribution in [0.25, 0.3) is 0 Å². The van der Waals surface area contributed by atoms with Gasteiger partial charge in [-0.3, -0.25) is 4.79 Å². The Morgan fingerprint density at radius 1 is 1.23 bits per heavy atom. The fraction of sp³-hybridized carbons (Fsp3) is 0.562. The maximum atomic E-state index is 12.4. The van der Waals surface area contributed by atoms with E-state index in [1.54, 1.807) is 19.9 Å². The van der Waals surface area contributed by atoms with Crippen molar-refractivity contribution in [1.29, 1.82) is 0 Å². The van der Waals surface area contributed by atoms with Crippen molar-refractivity contribution in [3.05, 3.63) is 23.8 Å². The summed E-state index contributed by atoms with van der Waals surface area (Å²) in [5, 5.41) is 0. The van der Waals surface area contributed by atoms with Gasteiger partial charge in [0.2, 0.25) is 0 Å². The van der Waals surface area contributed by atoms with Gasteiger partial charge in [-0.1, -0.05) is 18.2 Å². The monoisotopic (exact) mass is 309 g/mol. The maximum Gasteiger partial charge on any atom is 0.426 e. The van der Waals surface area contributed by atoms with Gasteiger partial charge in [-0.2, -0.15) is 0 Å². The highest BCUT2D eigenvalue weighted by Crippen LogP contribution is 2.29. The predicted octanol–water partition coefficient (Wildman–Crippen LogP) is 3.43. The quantitative estimate of drug-likeness (QED) is 0.744. The molecular weight excluding hydrogens is 286 g/mol. The molecule has 0 aromatic carbocycles. The Morgan fingerprint density at radius 2 is 1.77 bits per heavy atom. The summed E-state index contributed by atoms with van der Waals surface area (Å²) in [6, 6.07) is 0. The Hall–Kier alpha value is -2.11. The van der Waals surface area contributed by atoms with E-state index in [0.717, 1.165) is 12.0 Å². The van der Waals surface area contributed by atoms with Gasteiger partial charge in [-0.15, -0.1) is 4.90 Å². The second kappa shape index (κ2) is 8.36. The van der Waals surface area contributed by atoms with E-state index in [-0.39, 0.29) is 13.2 Å². The molecule has 6 nitrogen and oxygen atoms in total. The van der Waals surface area contributed by atoms with Crippen molar-refractivity contribution in [2.45, 2.75) is 40.0 Å². The summed E-state index contributed by atoms with van der Waals surface area (Å²) in [6.07, 6.45) is 1.69. The van der Waals surface area contributed by atoms with Crippen molar-refractivity contribution in [1.82, 2.24) is 4.90 Å². The van der Waals surface area contributed by atoms with Crippen LogP contribution in [0.5, 0.6) is 0 Å². The molecule has 0 spiro atoms. The summed E-state index contributed by atoms with van der Waals surface area (Å²) in [4.78, 5) is 36.6. The van der Waals surface area contributed by atoms with Gasteiger partial charge in [-0.05, 0) is 46.0 Å². The Bertz CT molecular complexity index is 477. The van der Waals surface area contributed by atoms with Gasteiger partial charge in [0.05, 0.1) is 13.2 Å². The van der Waals surface area contributed by atoms with Gasteiger partial charge in [0.25, 0.3) is 5.91 Å². The van der Waals surface area contributed by atoms with E-state index < -0.39 is 18.1 Å². The molecule has 1 aliphatic carbocycles. The second-order valence-corrected chi connectivity index (χ2v) is 5.09. The fourth-order valence-electron chi connectivity index (χ4n) is 2.24. The number of hydrogen-bond acceptors (Lipinski definition) is 5. The molecule has 0 bridgehead atoms. The summed E-state index contributed by atoms with van der Waals surface area (Å²) in [7, 11) is 0. The summed E-state index contributed by atoms with van der Waals surface area (Å²) in [5.41, 5.74) is 1.49. The molecule has 3 amide bonds. The highest BCUT2D eigenvalue weighted by atomic mass is 16.6. The van der Waals surface area contributed by atoms with Crippen molar-refractivity contribution >= 4 is 18.1 Å². The van der Waals surface area contributed by atoms with E-state index in [1.807, 2.05) is 6.92 Å². The lowest BCUT2D eigenvalue weighted by Crippen LogP contribution is -2.43. The largest absolute Gasteiger partial charge is 0.449 e. The molecule has 0 N–H and O–H groups in total. The summed E-state index contributed by atoms with van der Waals surface area (Å²) < 4.78 is 9.53. The lowest BCUT2D eigenvalue weighted by atomic mass is 9.85. The van der Waals surface area contributed by atoms with Crippen LogP contribution in [-0.4, -0.2) is 36.2 Å². The molecule has 0 fully saturated rings. The number of nitrogens with zero attached hydrogens (tertiary/aromatic N) is 1. The number of imide groups is 3. The lowest BCUT2D eigenvalue weighted by Gasteiger charge is -2.24. The molecule has 0 aliphatic heterocycles. The molecule has 0 heterocycles. The molecule has 0 saturated heterocycles. The van der Waals surface area contributed by atoms with Crippen LogP contribution in [0.15, 0.2) is 23.8 Å². The number of rotatable bonds is 4. The molecule has 6 heteroatoms. The van der Waals surface area contributed by atoms with Crippen LogP contribution in [0.1, 0.15) is 40.0 Å². The predicted molar refractivity (Wildman–Crippen MR) is 81.1 cm³/mol. The number of carbonyl (C=O) groups is 3.